The van der Waals surface area contributed by atoms with Crippen LogP contribution in [0.5, 0.6) is 0 Å². The third kappa shape index (κ3) is 2.84. The number of hydrogen-bond donors (Lipinski definition) is 0. The van der Waals surface area contributed by atoms with Crippen molar-refractivity contribution in [2.24, 2.45) is 0 Å². The number of methoxy groups -OCH3 is 1. The summed E-state index contributed by atoms with van der Waals surface area (Å²) in [5.74, 6) is -2.90. The minimum atomic E-state index is -4.77. The zero-order valence-corrected chi connectivity index (χ0v) is 11.0. The Morgan fingerprint density at radius 3 is 2.48 bits per heavy atom. The summed E-state index contributed by atoms with van der Waals surface area (Å²) in [4.78, 5) is 23.9. The van der Waals surface area contributed by atoms with Gasteiger partial charge in [0.2, 0.25) is 5.91 Å². The third-order valence-electron chi connectivity index (χ3n) is 3.15. The van der Waals surface area contributed by atoms with E-state index < -0.39 is 40.7 Å². The highest BCUT2D eigenvalue weighted by Crippen LogP contribution is 2.36. The average Bonchev–Trinajstić information content (AvgIpc) is 2.83. The van der Waals surface area contributed by atoms with E-state index in [1.165, 1.54) is 0 Å². The summed E-state index contributed by atoms with van der Waals surface area (Å²) in [6.07, 6.45) is -4.22. The van der Waals surface area contributed by atoms with Crippen LogP contribution in [0.3, 0.4) is 0 Å². The molecule has 0 aromatic heterocycles. The van der Waals surface area contributed by atoms with Crippen molar-refractivity contribution in [2.45, 2.75) is 19.0 Å². The van der Waals surface area contributed by atoms with Gasteiger partial charge in [-0.2, -0.15) is 13.2 Å². The summed E-state index contributed by atoms with van der Waals surface area (Å²) in [6, 6.07) is 0.913. The molecule has 0 radical (unpaired) electrons. The number of halogens is 4. The van der Waals surface area contributed by atoms with Crippen molar-refractivity contribution in [1.82, 2.24) is 0 Å². The lowest BCUT2D eigenvalue weighted by Crippen LogP contribution is -2.26. The first kappa shape index (κ1) is 15.3. The van der Waals surface area contributed by atoms with Crippen LogP contribution >= 0.6 is 0 Å². The molecular formula is C13H11F4NO3. The molecule has 2 rings (SSSR count). The van der Waals surface area contributed by atoms with Crippen LogP contribution in [-0.2, 0) is 15.7 Å². The maximum Gasteiger partial charge on any atom is 0.416 e. The summed E-state index contributed by atoms with van der Waals surface area (Å²) in [6.45, 7) is 0.109. The number of carbonyl (C=O) groups excluding carboxylic acids is 2. The molecule has 0 N–H and O–H groups in total. The van der Waals surface area contributed by atoms with E-state index in [9.17, 15) is 27.2 Å². The zero-order chi connectivity index (χ0) is 15.8. The zero-order valence-electron chi connectivity index (χ0n) is 11.0. The van der Waals surface area contributed by atoms with Gasteiger partial charge in [-0.15, -0.1) is 0 Å². The minimum Gasteiger partial charge on any atom is -0.465 e. The molecule has 21 heavy (non-hydrogen) atoms. The SMILES string of the molecule is COC(=O)c1cc(C(F)(F)F)cc(N2CCCC2=O)c1F. The summed E-state index contributed by atoms with van der Waals surface area (Å²) in [5, 5.41) is 0. The molecule has 4 nitrogen and oxygen atoms in total. The van der Waals surface area contributed by atoms with Crippen LogP contribution in [-0.4, -0.2) is 25.5 Å². The normalized spacial score (nSPS) is 15.5. The van der Waals surface area contributed by atoms with Crippen LogP contribution in [0.2, 0.25) is 0 Å². The summed E-state index contributed by atoms with van der Waals surface area (Å²) in [7, 11) is 0.933. The highest BCUT2D eigenvalue weighted by molar-refractivity contribution is 5.98. The Balaban J connectivity index is 2.63. The van der Waals surface area contributed by atoms with Gasteiger partial charge in [0.25, 0.3) is 0 Å². The molecule has 0 bridgehead atoms. The summed E-state index contributed by atoms with van der Waals surface area (Å²) >= 11 is 0. The van der Waals surface area contributed by atoms with Gasteiger partial charge in [0.05, 0.1) is 23.9 Å². The van der Waals surface area contributed by atoms with E-state index >= 15 is 0 Å². The highest BCUT2D eigenvalue weighted by Gasteiger charge is 2.36. The molecule has 0 unspecified atom stereocenters. The van der Waals surface area contributed by atoms with Crippen LogP contribution < -0.4 is 4.90 Å². The fourth-order valence-electron chi connectivity index (χ4n) is 2.13. The van der Waals surface area contributed by atoms with E-state index in [-0.39, 0.29) is 13.0 Å². The molecule has 1 aromatic rings. The number of hydrogen-bond acceptors (Lipinski definition) is 3. The number of anilines is 1. The monoisotopic (exact) mass is 305 g/mol. The Labute approximate surface area is 117 Å². The van der Waals surface area contributed by atoms with Crippen molar-refractivity contribution in [2.75, 3.05) is 18.6 Å². The molecule has 114 valence electrons. The summed E-state index contributed by atoms with van der Waals surface area (Å²) < 4.78 is 57.1. The predicted molar refractivity (Wildman–Crippen MR) is 64.3 cm³/mol. The van der Waals surface area contributed by atoms with Crippen LogP contribution in [0.4, 0.5) is 23.2 Å². The molecular weight excluding hydrogens is 294 g/mol. The van der Waals surface area contributed by atoms with Gasteiger partial charge in [0, 0.05) is 13.0 Å². The lowest BCUT2D eigenvalue weighted by Gasteiger charge is -2.20. The van der Waals surface area contributed by atoms with Crippen molar-refractivity contribution in [3.8, 4) is 0 Å². The quantitative estimate of drug-likeness (QED) is 0.623. The molecule has 1 fully saturated rings. The van der Waals surface area contributed by atoms with Crippen LogP contribution in [0.15, 0.2) is 12.1 Å². The van der Waals surface area contributed by atoms with E-state index in [0.29, 0.717) is 18.6 Å². The second-order valence-electron chi connectivity index (χ2n) is 4.50. The molecule has 1 aliphatic rings. The Bertz CT molecular complexity index is 598. The molecule has 0 saturated carbocycles. The van der Waals surface area contributed by atoms with Gasteiger partial charge in [0.15, 0.2) is 5.82 Å². The van der Waals surface area contributed by atoms with Crippen molar-refractivity contribution in [3.63, 3.8) is 0 Å². The fourth-order valence-corrected chi connectivity index (χ4v) is 2.13. The second kappa shape index (κ2) is 5.34. The molecule has 8 heteroatoms. The topological polar surface area (TPSA) is 46.6 Å². The smallest absolute Gasteiger partial charge is 0.416 e. The first-order valence-corrected chi connectivity index (χ1v) is 6.05. The largest absolute Gasteiger partial charge is 0.465 e. The molecule has 1 amide bonds. The minimum absolute atomic E-state index is 0.109. The molecule has 1 saturated heterocycles. The van der Waals surface area contributed by atoms with Crippen molar-refractivity contribution in [1.29, 1.82) is 0 Å². The van der Waals surface area contributed by atoms with E-state index in [4.69, 9.17) is 0 Å². The third-order valence-corrected chi connectivity index (χ3v) is 3.15. The van der Waals surface area contributed by atoms with Crippen molar-refractivity contribution in [3.05, 3.63) is 29.1 Å². The lowest BCUT2D eigenvalue weighted by atomic mass is 10.1. The number of ether oxygens (including phenoxy) is 1. The van der Waals surface area contributed by atoms with Gasteiger partial charge < -0.3 is 9.64 Å². The van der Waals surface area contributed by atoms with Gasteiger partial charge >= 0.3 is 12.1 Å². The molecule has 0 aliphatic carbocycles. The van der Waals surface area contributed by atoms with Crippen LogP contribution in [0.25, 0.3) is 0 Å². The second-order valence-corrected chi connectivity index (χ2v) is 4.50. The lowest BCUT2D eigenvalue weighted by molar-refractivity contribution is -0.137. The average molecular weight is 305 g/mol. The number of nitrogens with zero attached hydrogens (tertiary/aromatic N) is 1. The van der Waals surface area contributed by atoms with Gasteiger partial charge in [-0.05, 0) is 18.6 Å². The predicted octanol–water partition coefficient (Wildman–Crippen LogP) is 2.76. The number of carbonyl (C=O) groups is 2. The maximum atomic E-state index is 14.2. The van der Waals surface area contributed by atoms with Gasteiger partial charge in [-0.25, -0.2) is 9.18 Å². The molecule has 1 aliphatic heterocycles. The van der Waals surface area contributed by atoms with Crippen molar-refractivity contribution < 1.29 is 31.9 Å². The van der Waals surface area contributed by atoms with Crippen LogP contribution in [0.1, 0.15) is 28.8 Å². The number of alkyl halides is 3. The Kier molecular flexibility index (Phi) is 3.89. The van der Waals surface area contributed by atoms with Gasteiger partial charge in [0.1, 0.15) is 0 Å². The molecule has 1 heterocycles. The van der Waals surface area contributed by atoms with Crippen molar-refractivity contribution >= 4 is 17.6 Å². The first-order chi connectivity index (χ1) is 9.75. The molecule has 0 atom stereocenters. The van der Waals surface area contributed by atoms with E-state index in [1.54, 1.807) is 0 Å². The molecule has 1 aromatic carbocycles. The number of esters is 1. The van der Waals surface area contributed by atoms with E-state index in [0.717, 1.165) is 12.0 Å². The van der Waals surface area contributed by atoms with E-state index in [2.05, 4.69) is 4.74 Å². The van der Waals surface area contributed by atoms with Crippen LogP contribution in [0, 0.1) is 5.82 Å². The Morgan fingerprint density at radius 1 is 1.33 bits per heavy atom. The van der Waals surface area contributed by atoms with E-state index in [1.807, 2.05) is 0 Å². The molecule has 0 spiro atoms. The standard InChI is InChI=1S/C13H11F4NO3/c1-21-12(20)8-5-7(13(15,16)17)6-9(11(8)14)18-4-2-3-10(18)19/h5-6H,2-4H2,1H3. The summed E-state index contributed by atoms with van der Waals surface area (Å²) in [5.41, 5.74) is -2.60. The Hall–Kier alpha value is -2.12. The number of rotatable bonds is 2. The van der Waals surface area contributed by atoms with Gasteiger partial charge in [-0.1, -0.05) is 0 Å². The first-order valence-electron chi connectivity index (χ1n) is 6.05. The fraction of sp³-hybridized carbons (Fsp3) is 0.385. The Morgan fingerprint density at radius 2 is 2.00 bits per heavy atom. The van der Waals surface area contributed by atoms with Gasteiger partial charge in [-0.3, -0.25) is 4.79 Å². The highest BCUT2D eigenvalue weighted by atomic mass is 19.4. The maximum absolute atomic E-state index is 14.2. The number of benzene rings is 1. The number of amides is 1.